The van der Waals surface area contributed by atoms with Crippen LogP contribution >= 0.6 is 0 Å². The van der Waals surface area contributed by atoms with Crippen LogP contribution in [0.5, 0.6) is 17.2 Å². The largest absolute Gasteiger partial charge is 0.491 e. The Labute approximate surface area is 194 Å². The molecule has 0 bridgehead atoms. The average Bonchev–Trinajstić information content (AvgIpc) is 2.85. The highest BCUT2D eigenvalue weighted by Gasteiger charge is 2.07. The van der Waals surface area contributed by atoms with E-state index >= 15 is 0 Å². The molecule has 2 N–H and O–H groups in total. The summed E-state index contributed by atoms with van der Waals surface area (Å²) in [6, 6.07) is 24.4. The molecule has 0 atom stereocenters. The van der Waals surface area contributed by atoms with E-state index in [-0.39, 0.29) is 12.5 Å². The normalized spacial score (nSPS) is 10.3. The molecular formula is C26H30N2O5. The van der Waals surface area contributed by atoms with Gasteiger partial charge in [0.2, 0.25) is 5.91 Å². The number of para-hydroxylation sites is 3. The second-order valence-corrected chi connectivity index (χ2v) is 6.98. The zero-order valence-corrected chi connectivity index (χ0v) is 18.8. The zero-order valence-electron chi connectivity index (χ0n) is 18.8. The SMILES string of the molecule is CCOCCOc1cccc(NC(=O)CNc2ccccc2OCCOc2ccccc2)c1. The van der Waals surface area contributed by atoms with Gasteiger partial charge in [-0.05, 0) is 43.3 Å². The van der Waals surface area contributed by atoms with Crippen molar-refractivity contribution in [3.05, 3.63) is 78.9 Å². The third kappa shape index (κ3) is 8.74. The van der Waals surface area contributed by atoms with Crippen LogP contribution in [0.4, 0.5) is 11.4 Å². The lowest BCUT2D eigenvalue weighted by Gasteiger charge is -2.14. The Kier molecular flexibility index (Phi) is 9.90. The second kappa shape index (κ2) is 13.6. The molecule has 0 heterocycles. The third-order valence-electron chi connectivity index (χ3n) is 4.50. The van der Waals surface area contributed by atoms with Crippen molar-refractivity contribution in [3.8, 4) is 17.2 Å². The first-order valence-electron chi connectivity index (χ1n) is 11.0. The maximum absolute atomic E-state index is 12.4. The van der Waals surface area contributed by atoms with Gasteiger partial charge >= 0.3 is 0 Å². The smallest absolute Gasteiger partial charge is 0.243 e. The van der Waals surface area contributed by atoms with Crippen LogP contribution in [0.3, 0.4) is 0 Å². The van der Waals surface area contributed by atoms with Crippen molar-refractivity contribution in [1.29, 1.82) is 0 Å². The van der Waals surface area contributed by atoms with Crippen molar-refractivity contribution < 1.29 is 23.7 Å². The van der Waals surface area contributed by atoms with Gasteiger partial charge in [0, 0.05) is 18.4 Å². The van der Waals surface area contributed by atoms with Gasteiger partial charge in [0.05, 0.1) is 18.8 Å². The van der Waals surface area contributed by atoms with Crippen LogP contribution in [0.1, 0.15) is 6.92 Å². The first-order chi connectivity index (χ1) is 16.2. The maximum Gasteiger partial charge on any atom is 0.243 e. The molecule has 0 aromatic heterocycles. The van der Waals surface area contributed by atoms with Gasteiger partial charge in [-0.2, -0.15) is 0 Å². The maximum atomic E-state index is 12.4. The van der Waals surface area contributed by atoms with Crippen LogP contribution in [0.15, 0.2) is 78.9 Å². The number of anilines is 2. The van der Waals surface area contributed by atoms with E-state index in [1.807, 2.05) is 79.7 Å². The molecule has 0 aliphatic carbocycles. The summed E-state index contributed by atoms with van der Waals surface area (Å²) in [4.78, 5) is 12.4. The van der Waals surface area contributed by atoms with Gasteiger partial charge in [0.15, 0.2) is 0 Å². The monoisotopic (exact) mass is 450 g/mol. The topological polar surface area (TPSA) is 78.1 Å². The van der Waals surface area contributed by atoms with Gasteiger partial charge in [-0.15, -0.1) is 0 Å². The van der Waals surface area contributed by atoms with Crippen LogP contribution in [-0.4, -0.2) is 45.5 Å². The number of benzene rings is 3. The Hall–Kier alpha value is -3.71. The molecule has 0 radical (unpaired) electrons. The number of hydrogen-bond acceptors (Lipinski definition) is 6. The first-order valence-corrected chi connectivity index (χ1v) is 11.0. The minimum absolute atomic E-state index is 0.0936. The van der Waals surface area contributed by atoms with Crippen LogP contribution in [-0.2, 0) is 9.53 Å². The van der Waals surface area contributed by atoms with E-state index in [0.717, 1.165) is 11.4 Å². The van der Waals surface area contributed by atoms with Crippen LogP contribution in [0, 0.1) is 0 Å². The van der Waals surface area contributed by atoms with Gasteiger partial charge < -0.3 is 29.6 Å². The molecule has 0 spiro atoms. The summed E-state index contributed by atoms with van der Waals surface area (Å²) in [5, 5.41) is 6.00. The van der Waals surface area contributed by atoms with Crippen LogP contribution in [0.25, 0.3) is 0 Å². The fourth-order valence-corrected chi connectivity index (χ4v) is 2.97. The molecule has 174 valence electrons. The molecule has 0 unspecified atom stereocenters. The summed E-state index contributed by atoms with van der Waals surface area (Å²) in [6.45, 7) is 4.47. The second-order valence-electron chi connectivity index (χ2n) is 6.98. The number of hydrogen-bond donors (Lipinski definition) is 2. The molecule has 7 heteroatoms. The van der Waals surface area contributed by atoms with E-state index in [9.17, 15) is 4.79 Å². The summed E-state index contributed by atoms with van der Waals surface area (Å²) >= 11 is 0. The quantitative estimate of drug-likeness (QED) is 0.349. The van der Waals surface area contributed by atoms with Gasteiger partial charge in [-0.25, -0.2) is 0 Å². The van der Waals surface area contributed by atoms with Gasteiger partial charge in [0.1, 0.15) is 37.1 Å². The van der Waals surface area contributed by atoms with Crippen molar-refractivity contribution >= 4 is 17.3 Å². The minimum Gasteiger partial charge on any atom is -0.491 e. The summed E-state index contributed by atoms with van der Waals surface area (Å²) < 4.78 is 22.4. The molecule has 0 aliphatic rings. The molecular weight excluding hydrogens is 420 g/mol. The standard InChI is InChI=1S/C26H30N2O5/c1-2-30-15-16-32-23-12-8-9-21(19-23)28-26(29)20-27-24-13-6-7-14-25(24)33-18-17-31-22-10-4-3-5-11-22/h3-14,19,27H,2,15-18,20H2,1H3,(H,28,29). The van der Waals surface area contributed by atoms with Crippen molar-refractivity contribution in [1.82, 2.24) is 0 Å². The molecule has 0 saturated heterocycles. The Morgan fingerprint density at radius 2 is 1.45 bits per heavy atom. The molecule has 3 aromatic rings. The van der Waals surface area contributed by atoms with E-state index in [4.69, 9.17) is 18.9 Å². The molecule has 0 saturated carbocycles. The highest BCUT2D eigenvalue weighted by atomic mass is 16.5. The predicted octanol–water partition coefficient (Wildman–Crippen LogP) is 4.61. The lowest BCUT2D eigenvalue weighted by molar-refractivity contribution is -0.114. The van der Waals surface area contributed by atoms with E-state index in [0.29, 0.717) is 50.2 Å². The Bertz CT molecular complexity index is 981. The number of carbonyl (C=O) groups excluding carboxylic acids is 1. The predicted molar refractivity (Wildman–Crippen MR) is 129 cm³/mol. The summed E-state index contributed by atoms with van der Waals surface area (Å²) in [5.74, 6) is 1.96. The highest BCUT2D eigenvalue weighted by Crippen LogP contribution is 2.24. The summed E-state index contributed by atoms with van der Waals surface area (Å²) in [6.07, 6.45) is 0. The highest BCUT2D eigenvalue weighted by molar-refractivity contribution is 5.94. The number of amides is 1. The molecule has 3 rings (SSSR count). The van der Waals surface area contributed by atoms with Crippen molar-refractivity contribution in [3.63, 3.8) is 0 Å². The van der Waals surface area contributed by atoms with Crippen molar-refractivity contribution in [2.75, 3.05) is 50.2 Å². The van der Waals surface area contributed by atoms with E-state index in [1.165, 1.54) is 0 Å². The van der Waals surface area contributed by atoms with Gasteiger partial charge in [-0.3, -0.25) is 4.79 Å². The lowest BCUT2D eigenvalue weighted by atomic mass is 10.3. The zero-order chi connectivity index (χ0) is 23.1. The lowest BCUT2D eigenvalue weighted by Crippen LogP contribution is -2.22. The fourth-order valence-electron chi connectivity index (χ4n) is 2.97. The van der Waals surface area contributed by atoms with E-state index < -0.39 is 0 Å². The molecule has 33 heavy (non-hydrogen) atoms. The number of ether oxygens (including phenoxy) is 4. The first kappa shape index (κ1) is 23.9. The Balaban J connectivity index is 1.43. The number of nitrogens with one attached hydrogen (secondary N) is 2. The molecule has 3 aromatic carbocycles. The van der Waals surface area contributed by atoms with Crippen molar-refractivity contribution in [2.24, 2.45) is 0 Å². The summed E-state index contributed by atoms with van der Waals surface area (Å²) in [7, 11) is 0. The Morgan fingerprint density at radius 1 is 0.758 bits per heavy atom. The number of carbonyl (C=O) groups is 1. The van der Waals surface area contributed by atoms with E-state index in [2.05, 4.69) is 10.6 Å². The Morgan fingerprint density at radius 3 is 2.30 bits per heavy atom. The van der Waals surface area contributed by atoms with E-state index in [1.54, 1.807) is 6.07 Å². The molecule has 7 nitrogen and oxygen atoms in total. The molecule has 1 amide bonds. The third-order valence-corrected chi connectivity index (χ3v) is 4.50. The van der Waals surface area contributed by atoms with Crippen molar-refractivity contribution in [2.45, 2.75) is 6.92 Å². The van der Waals surface area contributed by atoms with Gasteiger partial charge in [-0.1, -0.05) is 36.4 Å². The van der Waals surface area contributed by atoms with Gasteiger partial charge in [0.25, 0.3) is 0 Å². The van der Waals surface area contributed by atoms with Crippen LogP contribution in [0.2, 0.25) is 0 Å². The molecule has 0 aliphatic heterocycles. The number of rotatable bonds is 14. The fraction of sp³-hybridized carbons (Fsp3) is 0.269. The van der Waals surface area contributed by atoms with Crippen LogP contribution < -0.4 is 24.8 Å². The molecule has 0 fully saturated rings. The average molecular weight is 451 g/mol. The summed E-state index contributed by atoms with van der Waals surface area (Å²) in [5.41, 5.74) is 1.40. The minimum atomic E-state index is -0.177.